The van der Waals surface area contributed by atoms with Gasteiger partial charge in [0.05, 0.1) is 11.1 Å². The van der Waals surface area contributed by atoms with Crippen molar-refractivity contribution in [1.29, 1.82) is 0 Å². The molecule has 4 nitrogen and oxygen atoms in total. The molecule has 0 spiro atoms. The van der Waals surface area contributed by atoms with Crippen LogP contribution in [0.3, 0.4) is 0 Å². The molecule has 21 heavy (non-hydrogen) atoms. The summed E-state index contributed by atoms with van der Waals surface area (Å²) in [6, 6.07) is 9.62. The summed E-state index contributed by atoms with van der Waals surface area (Å²) >= 11 is 0. The molecule has 1 amide bonds. The molecule has 0 aliphatic rings. The van der Waals surface area contributed by atoms with Crippen molar-refractivity contribution in [2.24, 2.45) is 0 Å². The smallest absolute Gasteiger partial charge is 0.254 e. The van der Waals surface area contributed by atoms with E-state index in [0.29, 0.717) is 6.54 Å². The van der Waals surface area contributed by atoms with Gasteiger partial charge in [-0.2, -0.15) is 0 Å². The number of aromatic nitrogens is 1. The second kappa shape index (κ2) is 8.82. The number of nitrogens with one attached hydrogen (secondary N) is 1. The van der Waals surface area contributed by atoms with Crippen molar-refractivity contribution in [2.45, 2.75) is 6.92 Å². The molecule has 0 atom stereocenters. The Morgan fingerprint density at radius 3 is 2.62 bits per heavy atom. The third kappa shape index (κ3) is 4.56. The summed E-state index contributed by atoms with van der Waals surface area (Å²) < 4.78 is 0. The molecule has 1 N–H and O–H groups in total. The van der Waals surface area contributed by atoms with Crippen LogP contribution in [0.15, 0.2) is 30.3 Å². The van der Waals surface area contributed by atoms with Gasteiger partial charge in [-0.15, -0.1) is 24.8 Å². The van der Waals surface area contributed by atoms with Crippen LogP contribution in [0, 0.1) is 6.92 Å². The predicted octanol–water partition coefficient (Wildman–Crippen LogP) is 2.68. The fourth-order valence-corrected chi connectivity index (χ4v) is 2.07. The fourth-order valence-electron chi connectivity index (χ4n) is 2.07. The van der Waals surface area contributed by atoms with E-state index < -0.39 is 0 Å². The molecule has 0 saturated heterocycles. The van der Waals surface area contributed by atoms with E-state index >= 15 is 0 Å². The first kappa shape index (κ1) is 19.6. The Hall–Kier alpha value is -1.36. The zero-order valence-electron chi connectivity index (χ0n) is 12.4. The summed E-state index contributed by atoms with van der Waals surface area (Å²) in [4.78, 5) is 18.7. The maximum absolute atomic E-state index is 12.5. The molecule has 0 fully saturated rings. The normalized spacial score (nSPS) is 9.67. The van der Waals surface area contributed by atoms with Gasteiger partial charge in [0.1, 0.15) is 0 Å². The van der Waals surface area contributed by atoms with Crippen molar-refractivity contribution < 1.29 is 4.79 Å². The molecule has 0 saturated carbocycles. The molecule has 6 heteroatoms. The van der Waals surface area contributed by atoms with Crippen LogP contribution in [0.25, 0.3) is 10.9 Å². The second-order valence-corrected chi connectivity index (χ2v) is 4.66. The van der Waals surface area contributed by atoms with Crippen molar-refractivity contribution in [3.05, 3.63) is 41.6 Å². The monoisotopic (exact) mass is 329 g/mol. The van der Waals surface area contributed by atoms with Gasteiger partial charge in [0.2, 0.25) is 0 Å². The number of likely N-dealkylation sites (N-methyl/N-ethyl adjacent to an activating group) is 2. The van der Waals surface area contributed by atoms with Crippen molar-refractivity contribution in [3.8, 4) is 0 Å². The lowest BCUT2D eigenvalue weighted by Gasteiger charge is -2.18. The fraction of sp³-hybridized carbons (Fsp3) is 0.333. The molecule has 1 aromatic heterocycles. The average molecular weight is 330 g/mol. The van der Waals surface area contributed by atoms with Gasteiger partial charge < -0.3 is 10.2 Å². The summed E-state index contributed by atoms with van der Waals surface area (Å²) in [6.07, 6.45) is 0. The standard InChI is InChI=1S/C15H19N3O.2ClH/c1-11-10-13(15(19)18(3)9-8-16-2)12-6-4-5-7-14(12)17-11;;/h4-7,10,16H,8-9H2,1-3H3;2*1H. The lowest BCUT2D eigenvalue weighted by Crippen LogP contribution is -2.33. The number of benzene rings is 1. The molecular weight excluding hydrogens is 309 g/mol. The van der Waals surface area contributed by atoms with Crippen molar-refractivity contribution in [2.75, 3.05) is 27.2 Å². The number of nitrogens with zero attached hydrogens (tertiary/aromatic N) is 2. The number of para-hydroxylation sites is 1. The molecular formula is C15H21Cl2N3O. The van der Waals surface area contributed by atoms with E-state index in [9.17, 15) is 4.79 Å². The predicted molar refractivity (Wildman–Crippen MR) is 91.9 cm³/mol. The molecule has 2 aromatic rings. The molecule has 0 radical (unpaired) electrons. The number of aryl methyl sites for hydroxylation is 1. The van der Waals surface area contributed by atoms with Gasteiger partial charge >= 0.3 is 0 Å². The van der Waals surface area contributed by atoms with Gasteiger partial charge in [-0.25, -0.2) is 0 Å². The molecule has 0 aliphatic heterocycles. The zero-order chi connectivity index (χ0) is 13.8. The second-order valence-electron chi connectivity index (χ2n) is 4.66. The minimum atomic E-state index is 0. The Morgan fingerprint density at radius 2 is 1.95 bits per heavy atom. The zero-order valence-corrected chi connectivity index (χ0v) is 14.1. The molecule has 0 bridgehead atoms. The van der Waals surface area contributed by atoms with E-state index in [-0.39, 0.29) is 30.7 Å². The number of amides is 1. The first-order valence-electron chi connectivity index (χ1n) is 6.40. The molecule has 116 valence electrons. The van der Waals surface area contributed by atoms with Crippen LogP contribution in [-0.2, 0) is 0 Å². The summed E-state index contributed by atoms with van der Waals surface area (Å²) in [5.41, 5.74) is 2.46. The van der Waals surface area contributed by atoms with E-state index in [1.54, 1.807) is 4.90 Å². The van der Waals surface area contributed by atoms with Crippen LogP contribution in [0.1, 0.15) is 16.1 Å². The quantitative estimate of drug-likeness (QED) is 0.937. The Morgan fingerprint density at radius 1 is 1.29 bits per heavy atom. The third-order valence-corrected chi connectivity index (χ3v) is 3.12. The maximum Gasteiger partial charge on any atom is 0.254 e. The number of hydrogen-bond acceptors (Lipinski definition) is 3. The number of carbonyl (C=O) groups is 1. The largest absolute Gasteiger partial charge is 0.340 e. The number of pyridine rings is 1. The highest BCUT2D eigenvalue weighted by Crippen LogP contribution is 2.19. The number of fused-ring (bicyclic) bond motifs is 1. The van der Waals surface area contributed by atoms with E-state index in [2.05, 4.69) is 10.3 Å². The van der Waals surface area contributed by atoms with Gasteiger partial charge in [-0.1, -0.05) is 18.2 Å². The van der Waals surface area contributed by atoms with E-state index in [0.717, 1.165) is 28.7 Å². The Kier molecular flexibility index (Phi) is 8.25. The summed E-state index contributed by atoms with van der Waals surface area (Å²) in [5.74, 6) is 0.0388. The van der Waals surface area contributed by atoms with Crippen LogP contribution >= 0.6 is 24.8 Å². The Labute approximate surface area is 137 Å². The SMILES string of the molecule is CNCCN(C)C(=O)c1cc(C)nc2ccccc12.Cl.Cl. The van der Waals surface area contributed by atoms with E-state index in [1.807, 2.05) is 51.4 Å². The first-order chi connectivity index (χ1) is 9.13. The number of carbonyl (C=O) groups excluding carboxylic acids is 1. The lowest BCUT2D eigenvalue weighted by molar-refractivity contribution is 0.0798. The molecule has 1 heterocycles. The summed E-state index contributed by atoms with van der Waals surface area (Å²) in [7, 11) is 3.70. The Bertz CT molecular complexity index is 604. The lowest BCUT2D eigenvalue weighted by atomic mass is 10.1. The van der Waals surface area contributed by atoms with Gasteiger partial charge in [0.25, 0.3) is 5.91 Å². The first-order valence-corrected chi connectivity index (χ1v) is 6.40. The van der Waals surface area contributed by atoms with Crippen LogP contribution in [0.2, 0.25) is 0 Å². The molecule has 0 aliphatic carbocycles. The van der Waals surface area contributed by atoms with Crippen LogP contribution in [0.4, 0.5) is 0 Å². The summed E-state index contributed by atoms with van der Waals surface area (Å²) in [6.45, 7) is 3.38. The number of rotatable bonds is 4. The van der Waals surface area contributed by atoms with Crippen molar-refractivity contribution in [3.63, 3.8) is 0 Å². The number of hydrogen-bond donors (Lipinski definition) is 1. The minimum absolute atomic E-state index is 0. The van der Waals surface area contributed by atoms with E-state index in [1.165, 1.54) is 0 Å². The molecule has 1 aromatic carbocycles. The number of halogens is 2. The van der Waals surface area contributed by atoms with Crippen LogP contribution in [-0.4, -0.2) is 43.0 Å². The highest BCUT2D eigenvalue weighted by atomic mass is 35.5. The average Bonchev–Trinajstić information content (AvgIpc) is 2.42. The Balaban J connectivity index is 0.00000200. The minimum Gasteiger partial charge on any atom is -0.340 e. The molecule has 2 rings (SSSR count). The van der Waals surface area contributed by atoms with Gasteiger partial charge in [-0.3, -0.25) is 9.78 Å². The van der Waals surface area contributed by atoms with Gasteiger partial charge in [0.15, 0.2) is 0 Å². The van der Waals surface area contributed by atoms with Crippen LogP contribution < -0.4 is 5.32 Å². The van der Waals surface area contributed by atoms with Crippen LogP contribution in [0.5, 0.6) is 0 Å². The summed E-state index contributed by atoms with van der Waals surface area (Å²) in [5, 5.41) is 3.96. The molecule has 0 unspecified atom stereocenters. The maximum atomic E-state index is 12.5. The topological polar surface area (TPSA) is 45.2 Å². The van der Waals surface area contributed by atoms with Crippen molar-refractivity contribution in [1.82, 2.24) is 15.2 Å². The van der Waals surface area contributed by atoms with E-state index in [4.69, 9.17) is 0 Å². The highest BCUT2D eigenvalue weighted by Gasteiger charge is 2.15. The van der Waals surface area contributed by atoms with Gasteiger partial charge in [0, 0.05) is 31.2 Å². The highest BCUT2D eigenvalue weighted by molar-refractivity contribution is 6.06. The van der Waals surface area contributed by atoms with Gasteiger partial charge in [-0.05, 0) is 26.1 Å². The van der Waals surface area contributed by atoms with Crippen molar-refractivity contribution >= 4 is 41.6 Å². The third-order valence-electron chi connectivity index (χ3n) is 3.12.